The molecule has 4 nitrogen and oxygen atoms in total. The predicted octanol–water partition coefficient (Wildman–Crippen LogP) is 3.57. The van der Waals surface area contributed by atoms with Gasteiger partial charge in [-0.25, -0.2) is 13.2 Å². The SMILES string of the molecule is O=C(Nc1cc(F)ccc1F)c1ccc(=O)n(Cc2ccccc2F)c1. The van der Waals surface area contributed by atoms with Crippen LogP contribution in [-0.4, -0.2) is 10.5 Å². The van der Waals surface area contributed by atoms with E-state index < -0.39 is 28.9 Å². The van der Waals surface area contributed by atoms with Crippen LogP contribution in [0.1, 0.15) is 15.9 Å². The lowest BCUT2D eigenvalue weighted by molar-refractivity contribution is 0.102. The van der Waals surface area contributed by atoms with E-state index in [-0.39, 0.29) is 23.4 Å². The van der Waals surface area contributed by atoms with Crippen LogP contribution in [0, 0.1) is 17.5 Å². The smallest absolute Gasteiger partial charge is 0.257 e. The molecule has 0 unspecified atom stereocenters. The first-order valence-electron chi connectivity index (χ1n) is 7.64. The van der Waals surface area contributed by atoms with E-state index in [2.05, 4.69) is 5.32 Å². The summed E-state index contributed by atoms with van der Waals surface area (Å²) in [6, 6.07) is 11.0. The zero-order chi connectivity index (χ0) is 18.7. The van der Waals surface area contributed by atoms with Crippen molar-refractivity contribution < 1.29 is 18.0 Å². The number of halogens is 3. The lowest BCUT2D eigenvalue weighted by Crippen LogP contribution is -2.23. The van der Waals surface area contributed by atoms with E-state index in [1.165, 1.54) is 30.5 Å². The fourth-order valence-electron chi connectivity index (χ4n) is 2.39. The molecule has 0 fully saturated rings. The van der Waals surface area contributed by atoms with E-state index in [1.54, 1.807) is 6.07 Å². The van der Waals surface area contributed by atoms with E-state index in [4.69, 9.17) is 0 Å². The Morgan fingerprint density at radius 2 is 1.73 bits per heavy atom. The van der Waals surface area contributed by atoms with Crippen LogP contribution in [0.15, 0.2) is 65.6 Å². The molecule has 3 aromatic rings. The molecule has 1 heterocycles. The van der Waals surface area contributed by atoms with E-state index in [9.17, 15) is 22.8 Å². The molecule has 0 aliphatic rings. The third kappa shape index (κ3) is 3.83. The van der Waals surface area contributed by atoms with Crippen molar-refractivity contribution in [2.45, 2.75) is 6.54 Å². The highest BCUT2D eigenvalue weighted by Gasteiger charge is 2.12. The van der Waals surface area contributed by atoms with Gasteiger partial charge in [-0.1, -0.05) is 18.2 Å². The molecule has 0 bridgehead atoms. The number of benzene rings is 2. The molecule has 3 rings (SSSR count). The quantitative estimate of drug-likeness (QED) is 0.775. The number of nitrogens with zero attached hydrogens (tertiary/aromatic N) is 1. The van der Waals surface area contributed by atoms with Gasteiger partial charge in [0.2, 0.25) is 0 Å². The zero-order valence-electron chi connectivity index (χ0n) is 13.4. The van der Waals surface area contributed by atoms with Crippen molar-refractivity contribution in [3.05, 3.63) is 99.7 Å². The monoisotopic (exact) mass is 358 g/mol. The lowest BCUT2D eigenvalue weighted by atomic mass is 10.2. The summed E-state index contributed by atoms with van der Waals surface area (Å²) in [5.41, 5.74) is -0.420. The highest BCUT2D eigenvalue weighted by Crippen LogP contribution is 2.16. The first-order valence-corrected chi connectivity index (χ1v) is 7.64. The summed E-state index contributed by atoms with van der Waals surface area (Å²) in [4.78, 5) is 24.2. The second-order valence-electron chi connectivity index (χ2n) is 5.55. The van der Waals surface area contributed by atoms with Gasteiger partial charge in [-0.05, 0) is 24.3 Å². The largest absolute Gasteiger partial charge is 0.319 e. The van der Waals surface area contributed by atoms with Crippen LogP contribution >= 0.6 is 0 Å². The normalized spacial score (nSPS) is 10.6. The summed E-state index contributed by atoms with van der Waals surface area (Å²) >= 11 is 0. The van der Waals surface area contributed by atoms with E-state index >= 15 is 0 Å². The van der Waals surface area contributed by atoms with Crippen LogP contribution in [0.2, 0.25) is 0 Å². The van der Waals surface area contributed by atoms with Gasteiger partial charge in [0.15, 0.2) is 0 Å². The maximum Gasteiger partial charge on any atom is 0.257 e. The van der Waals surface area contributed by atoms with Crippen molar-refractivity contribution in [3.63, 3.8) is 0 Å². The molecule has 2 aromatic carbocycles. The molecule has 1 N–H and O–H groups in total. The van der Waals surface area contributed by atoms with Gasteiger partial charge in [-0.3, -0.25) is 9.59 Å². The number of pyridine rings is 1. The minimum absolute atomic E-state index is 0.0459. The van der Waals surface area contributed by atoms with Gasteiger partial charge in [0.25, 0.3) is 11.5 Å². The van der Waals surface area contributed by atoms with Crippen molar-refractivity contribution in [2.24, 2.45) is 0 Å². The summed E-state index contributed by atoms with van der Waals surface area (Å²) < 4.78 is 41.8. The molecule has 0 radical (unpaired) electrons. The molecule has 7 heteroatoms. The fraction of sp³-hybridized carbons (Fsp3) is 0.0526. The van der Waals surface area contributed by atoms with Crippen LogP contribution < -0.4 is 10.9 Å². The third-order valence-corrected chi connectivity index (χ3v) is 3.72. The summed E-state index contributed by atoms with van der Waals surface area (Å²) in [6.45, 7) is -0.0685. The minimum Gasteiger partial charge on any atom is -0.319 e. The molecule has 0 spiro atoms. The Kier molecular flexibility index (Phi) is 4.88. The molecule has 1 aromatic heterocycles. The summed E-state index contributed by atoms with van der Waals surface area (Å²) in [5.74, 6) is -2.70. The maximum absolute atomic E-state index is 13.8. The Labute approximate surface area is 146 Å². The van der Waals surface area contributed by atoms with Crippen molar-refractivity contribution in [3.8, 4) is 0 Å². The summed E-state index contributed by atoms with van der Waals surface area (Å²) in [5, 5.41) is 2.25. The average Bonchev–Trinajstić information content (AvgIpc) is 2.62. The average molecular weight is 358 g/mol. The topological polar surface area (TPSA) is 51.1 Å². The maximum atomic E-state index is 13.8. The molecule has 0 aliphatic carbocycles. The van der Waals surface area contributed by atoms with E-state index in [0.717, 1.165) is 28.8 Å². The second-order valence-corrected chi connectivity index (χ2v) is 5.55. The third-order valence-electron chi connectivity index (χ3n) is 3.72. The van der Waals surface area contributed by atoms with Gasteiger partial charge in [0, 0.05) is 23.9 Å². The van der Waals surface area contributed by atoms with E-state index in [0.29, 0.717) is 0 Å². The van der Waals surface area contributed by atoms with Gasteiger partial charge in [0.05, 0.1) is 17.8 Å². The van der Waals surface area contributed by atoms with Crippen molar-refractivity contribution in [1.82, 2.24) is 4.57 Å². The predicted molar refractivity (Wildman–Crippen MR) is 90.5 cm³/mol. The molecule has 26 heavy (non-hydrogen) atoms. The van der Waals surface area contributed by atoms with E-state index in [1.807, 2.05) is 0 Å². The van der Waals surface area contributed by atoms with Gasteiger partial charge in [-0.2, -0.15) is 0 Å². The molecule has 132 valence electrons. The molecule has 0 saturated carbocycles. The van der Waals surface area contributed by atoms with Crippen LogP contribution in [0.4, 0.5) is 18.9 Å². The highest BCUT2D eigenvalue weighted by molar-refractivity contribution is 6.04. The standard InChI is InChI=1S/C19H13F3N2O2/c20-14-6-7-16(22)17(9-14)23-19(26)13-5-8-18(25)24(11-13)10-12-3-1-2-4-15(12)21/h1-9,11H,10H2,(H,23,26). The Morgan fingerprint density at radius 1 is 0.962 bits per heavy atom. The van der Waals surface area contributed by atoms with Crippen molar-refractivity contribution >= 4 is 11.6 Å². The second kappa shape index (κ2) is 7.26. The molecular formula is C19H13F3N2O2. The zero-order valence-corrected chi connectivity index (χ0v) is 13.4. The number of anilines is 1. The van der Waals surface area contributed by atoms with Crippen LogP contribution in [0.3, 0.4) is 0 Å². The lowest BCUT2D eigenvalue weighted by Gasteiger charge is -2.10. The Hall–Kier alpha value is -3.35. The van der Waals surface area contributed by atoms with Gasteiger partial charge < -0.3 is 9.88 Å². The minimum atomic E-state index is -0.792. The first-order chi connectivity index (χ1) is 12.4. The summed E-state index contributed by atoms with van der Waals surface area (Å²) in [7, 11) is 0. The Morgan fingerprint density at radius 3 is 2.50 bits per heavy atom. The first kappa shape index (κ1) is 17.5. The van der Waals surface area contributed by atoms with Crippen LogP contribution in [0.5, 0.6) is 0 Å². The molecule has 0 atom stereocenters. The number of amides is 1. The molecule has 0 aliphatic heterocycles. The highest BCUT2D eigenvalue weighted by atomic mass is 19.1. The van der Waals surface area contributed by atoms with Gasteiger partial charge in [0.1, 0.15) is 17.5 Å². The van der Waals surface area contributed by atoms with Gasteiger partial charge in [-0.15, -0.1) is 0 Å². The number of rotatable bonds is 4. The number of hydrogen-bond donors (Lipinski definition) is 1. The fourth-order valence-corrected chi connectivity index (χ4v) is 2.39. The number of carbonyl (C=O) groups excluding carboxylic acids is 1. The van der Waals surface area contributed by atoms with Gasteiger partial charge >= 0.3 is 0 Å². The Balaban J connectivity index is 1.87. The molecule has 1 amide bonds. The van der Waals surface area contributed by atoms with Crippen molar-refractivity contribution in [2.75, 3.05) is 5.32 Å². The van der Waals surface area contributed by atoms with Crippen LogP contribution in [0.25, 0.3) is 0 Å². The summed E-state index contributed by atoms with van der Waals surface area (Å²) in [6.07, 6.45) is 1.24. The molecule has 0 saturated heterocycles. The van der Waals surface area contributed by atoms with Crippen LogP contribution in [-0.2, 0) is 6.54 Å². The number of nitrogens with one attached hydrogen (secondary N) is 1. The molecular weight excluding hydrogens is 345 g/mol. The number of carbonyl (C=O) groups is 1. The number of hydrogen-bond acceptors (Lipinski definition) is 2. The number of aromatic nitrogens is 1. The van der Waals surface area contributed by atoms with Crippen molar-refractivity contribution in [1.29, 1.82) is 0 Å². The Bertz CT molecular complexity index is 1030.